The maximum Gasteiger partial charge on any atom is 0.333 e. The summed E-state index contributed by atoms with van der Waals surface area (Å²) in [4.78, 5) is 7.71. The van der Waals surface area contributed by atoms with Gasteiger partial charge in [0.25, 0.3) is 0 Å². The van der Waals surface area contributed by atoms with Gasteiger partial charge in [-0.05, 0) is 148 Å². The van der Waals surface area contributed by atoms with E-state index in [-0.39, 0.29) is 23.1 Å². The summed E-state index contributed by atoms with van der Waals surface area (Å²) in [6.07, 6.45) is 2.31. The number of fused-ring (bicyclic) bond motifs is 9. The van der Waals surface area contributed by atoms with E-state index in [0.29, 0.717) is 0 Å². The maximum atomic E-state index is 6.95. The second kappa shape index (κ2) is 15.0. The average molecular weight is 894 g/mol. The van der Waals surface area contributed by atoms with Crippen molar-refractivity contribution in [1.29, 1.82) is 0 Å². The Hall–Kier alpha value is -7.50. The summed E-state index contributed by atoms with van der Waals surface area (Å²) in [5, 5.41) is 2.45. The van der Waals surface area contributed by atoms with Crippen LogP contribution in [0.4, 0.5) is 45.5 Å². The van der Waals surface area contributed by atoms with Gasteiger partial charge in [0.2, 0.25) is 0 Å². The molecule has 4 nitrogen and oxygen atoms in total. The van der Waals surface area contributed by atoms with E-state index in [9.17, 15) is 0 Å². The van der Waals surface area contributed by atoms with E-state index in [1.807, 2.05) is 0 Å². The van der Waals surface area contributed by atoms with Crippen molar-refractivity contribution >= 4 is 74.0 Å². The Balaban J connectivity index is 1.16. The van der Waals surface area contributed by atoms with Gasteiger partial charge in [-0.15, -0.1) is 0 Å². The molecule has 0 amide bonds. The molecule has 0 radical (unpaired) electrons. The first-order valence-corrected chi connectivity index (χ1v) is 24.8. The zero-order chi connectivity index (χ0) is 47.0. The molecule has 0 N–H and O–H groups in total. The second-order valence-corrected chi connectivity index (χ2v) is 21.6. The Morgan fingerprint density at radius 2 is 1.10 bits per heavy atom. The molecule has 9 aromatic rings. The number of nitrogens with zero attached hydrogens (tertiary/aromatic N) is 3. The summed E-state index contributed by atoms with van der Waals surface area (Å²) in [5.74, 6) is 1.84. The normalized spacial score (nSPS) is 16.3. The van der Waals surface area contributed by atoms with Crippen LogP contribution >= 0.6 is 0 Å². The molecular weight excluding hydrogens is 838 g/mol. The van der Waals surface area contributed by atoms with E-state index in [2.05, 4.69) is 251 Å². The van der Waals surface area contributed by atoms with Crippen LogP contribution in [-0.4, -0.2) is 6.85 Å². The minimum Gasteiger partial charge on any atom is -0.457 e. The van der Waals surface area contributed by atoms with E-state index in [1.54, 1.807) is 0 Å². The summed E-state index contributed by atoms with van der Waals surface area (Å²) < 4.78 is 6.95. The third-order valence-corrected chi connectivity index (χ3v) is 16.2. The van der Waals surface area contributed by atoms with Crippen molar-refractivity contribution in [2.24, 2.45) is 0 Å². The molecule has 0 atom stereocenters. The number of hydrogen-bond acceptors (Lipinski definition) is 4. The van der Waals surface area contributed by atoms with E-state index >= 15 is 0 Å². The molecule has 5 heteroatoms. The highest BCUT2D eigenvalue weighted by atomic mass is 16.5. The largest absolute Gasteiger partial charge is 0.457 e. The first kappa shape index (κ1) is 41.7. The van der Waals surface area contributed by atoms with Crippen LogP contribution in [0.2, 0.25) is 0 Å². The molecule has 69 heavy (non-hydrogen) atoms. The topological polar surface area (TPSA) is 19.0 Å². The standard InChI is InChI=1S/C64H56BN3O/c1-41-35-51-52(63(4,5)34-33-62(51,2)3)39-55(41)67-57-37-46(66(43-22-11-8-12-23-43)44-24-13-9-14-25-44)31-32-54(57)65-60-49(36-42-21-17-18-28-47(42)61(60)67)48-38-59-53(40-56(48)68(65)45-26-15-10-16-27-45)64(6,7)50-29-19-20-30-58(50)69-59/h8-32,35-40H,33-34H2,1-7H3. The fourth-order valence-electron chi connectivity index (χ4n) is 12.4. The van der Waals surface area contributed by atoms with Crippen molar-refractivity contribution in [2.45, 2.75) is 77.6 Å². The number of ether oxygens (including phenoxy) is 1. The van der Waals surface area contributed by atoms with Gasteiger partial charge in [-0.1, -0.05) is 151 Å². The van der Waals surface area contributed by atoms with Gasteiger partial charge in [-0.25, -0.2) is 0 Å². The quantitative estimate of drug-likeness (QED) is 0.160. The molecule has 0 aromatic heterocycles. The number of aryl methyl sites for hydroxylation is 1. The van der Waals surface area contributed by atoms with Crippen LogP contribution in [-0.2, 0) is 16.2 Å². The molecule has 13 rings (SSSR count). The van der Waals surface area contributed by atoms with E-state index in [0.717, 1.165) is 40.7 Å². The minimum absolute atomic E-state index is 0.0143. The lowest BCUT2D eigenvalue weighted by Crippen LogP contribution is -2.61. The third kappa shape index (κ3) is 6.22. The summed E-state index contributed by atoms with van der Waals surface area (Å²) in [6, 6.07) is 70.0. The number of anilines is 8. The fraction of sp³-hybridized carbons (Fsp3) is 0.188. The SMILES string of the molecule is Cc1cc2c(cc1N1c3cc(N(c4ccccc4)c4ccccc4)ccc3B3c4c(cc5ccccc5c41)-c1cc4c(cc1N3c1ccccc1)C(C)(C)c1ccccc1O4)C(C)(C)CCC2(C)C. The lowest BCUT2D eigenvalue weighted by Gasteiger charge is -2.48. The molecule has 0 fully saturated rings. The average Bonchev–Trinajstić information content (AvgIpc) is 3.36. The first-order valence-electron chi connectivity index (χ1n) is 24.8. The van der Waals surface area contributed by atoms with Crippen molar-refractivity contribution in [3.63, 3.8) is 0 Å². The number of benzene rings is 9. The molecule has 1 aliphatic carbocycles. The molecule has 9 aromatic carbocycles. The van der Waals surface area contributed by atoms with Gasteiger partial charge >= 0.3 is 6.85 Å². The molecule has 336 valence electrons. The Morgan fingerprint density at radius 1 is 0.493 bits per heavy atom. The monoisotopic (exact) mass is 893 g/mol. The van der Waals surface area contributed by atoms with Gasteiger partial charge in [-0.2, -0.15) is 0 Å². The Kier molecular flexibility index (Phi) is 9.06. The zero-order valence-corrected chi connectivity index (χ0v) is 40.6. The van der Waals surface area contributed by atoms with Gasteiger partial charge in [0.15, 0.2) is 0 Å². The Morgan fingerprint density at radius 3 is 1.81 bits per heavy atom. The van der Waals surface area contributed by atoms with Gasteiger partial charge < -0.3 is 19.3 Å². The Bertz CT molecular complexity index is 3500. The molecule has 3 heterocycles. The summed E-state index contributed by atoms with van der Waals surface area (Å²) in [7, 11) is 0. The molecule has 0 unspecified atom stereocenters. The van der Waals surface area contributed by atoms with Crippen LogP contribution in [0.5, 0.6) is 11.5 Å². The van der Waals surface area contributed by atoms with Crippen molar-refractivity contribution in [2.75, 3.05) is 14.6 Å². The van der Waals surface area contributed by atoms with Crippen molar-refractivity contribution in [3.8, 4) is 22.6 Å². The lowest BCUT2D eigenvalue weighted by atomic mass is 9.43. The second-order valence-electron chi connectivity index (χ2n) is 21.6. The molecule has 0 spiro atoms. The predicted octanol–water partition coefficient (Wildman–Crippen LogP) is 16.1. The van der Waals surface area contributed by atoms with E-state index < -0.39 is 0 Å². The zero-order valence-electron chi connectivity index (χ0n) is 40.6. The fourth-order valence-corrected chi connectivity index (χ4v) is 12.4. The van der Waals surface area contributed by atoms with Crippen molar-refractivity contribution < 1.29 is 4.74 Å². The third-order valence-electron chi connectivity index (χ3n) is 16.2. The predicted molar refractivity (Wildman–Crippen MR) is 291 cm³/mol. The van der Waals surface area contributed by atoms with Crippen molar-refractivity contribution in [3.05, 3.63) is 216 Å². The maximum absolute atomic E-state index is 6.95. The Labute approximate surface area is 407 Å². The molecule has 0 saturated carbocycles. The first-order chi connectivity index (χ1) is 33.4. The van der Waals surface area contributed by atoms with Crippen LogP contribution in [0.3, 0.4) is 0 Å². The molecule has 0 saturated heterocycles. The lowest BCUT2D eigenvalue weighted by molar-refractivity contribution is 0.332. The van der Waals surface area contributed by atoms with Crippen LogP contribution < -0.4 is 30.3 Å². The van der Waals surface area contributed by atoms with E-state index in [1.165, 1.54) is 89.8 Å². The van der Waals surface area contributed by atoms with Gasteiger partial charge in [-0.3, -0.25) is 0 Å². The van der Waals surface area contributed by atoms with E-state index in [4.69, 9.17) is 4.74 Å². The number of para-hydroxylation sites is 4. The summed E-state index contributed by atoms with van der Waals surface area (Å²) >= 11 is 0. The molecular formula is C64H56BN3O. The van der Waals surface area contributed by atoms with Crippen LogP contribution in [0, 0.1) is 6.92 Å². The van der Waals surface area contributed by atoms with Crippen LogP contribution in [0.1, 0.15) is 82.2 Å². The smallest absolute Gasteiger partial charge is 0.333 e. The summed E-state index contributed by atoms with van der Waals surface area (Å²) in [5.41, 5.74) is 20.7. The molecule has 4 aliphatic rings. The highest BCUT2D eigenvalue weighted by molar-refractivity contribution is 6.94. The van der Waals surface area contributed by atoms with Gasteiger partial charge in [0.1, 0.15) is 11.5 Å². The summed E-state index contributed by atoms with van der Waals surface area (Å²) in [6.45, 7) is 16.7. The molecule has 0 bridgehead atoms. The minimum atomic E-state index is -0.294. The van der Waals surface area contributed by atoms with Crippen LogP contribution in [0.15, 0.2) is 188 Å². The van der Waals surface area contributed by atoms with Crippen LogP contribution in [0.25, 0.3) is 21.9 Å². The highest BCUT2D eigenvalue weighted by Gasteiger charge is 2.48. The van der Waals surface area contributed by atoms with Gasteiger partial charge in [0.05, 0.1) is 5.69 Å². The molecule has 3 aliphatic heterocycles. The number of hydrogen-bond donors (Lipinski definition) is 0. The number of rotatable bonds is 5. The van der Waals surface area contributed by atoms with Gasteiger partial charge in [0, 0.05) is 67.3 Å². The van der Waals surface area contributed by atoms with Crippen molar-refractivity contribution in [1.82, 2.24) is 0 Å². The highest BCUT2D eigenvalue weighted by Crippen LogP contribution is 2.56.